The van der Waals surface area contributed by atoms with Crippen molar-refractivity contribution in [1.82, 2.24) is 15.1 Å². The number of anilines is 2. The molecular weight excluding hydrogens is 431 g/mol. The highest BCUT2D eigenvalue weighted by Gasteiger charge is 2.34. The standard InChI is InChI=1S/C24H24F3N5O/c1-16-7-8-18(17(2)15-16)20-9-10-22(30-29-20)31-11-13-32(14-12-31)23(33)28-21-6-4-3-5-19(21)24(25,26)27/h3-10,15H,11-14H2,1-2H3,(H,28,33). The monoisotopic (exact) mass is 455 g/mol. The van der Waals surface area contributed by atoms with E-state index in [1.807, 2.05) is 43.0 Å². The number of para-hydroxylation sites is 1. The quantitative estimate of drug-likeness (QED) is 0.595. The van der Waals surface area contributed by atoms with Gasteiger partial charge in [-0.1, -0.05) is 35.9 Å². The molecule has 1 N–H and O–H groups in total. The Morgan fingerprint density at radius 3 is 2.30 bits per heavy atom. The topological polar surface area (TPSA) is 61.4 Å². The van der Waals surface area contributed by atoms with Gasteiger partial charge in [-0.3, -0.25) is 0 Å². The van der Waals surface area contributed by atoms with Gasteiger partial charge in [0, 0.05) is 31.7 Å². The van der Waals surface area contributed by atoms with Crippen LogP contribution < -0.4 is 10.2 Å². The fourth-order valence-electron chi connectivity index (χ4n) is 3.91. The number of alkyl halides is 3. The number of amides is 2. The number of piperazine rings is 1. The third kappa shape index (κ3) is 5.08. The van der Waals surface area contributed by atoms with E-state index in [0.717, 1.165) is 22.9 Å². The molecule has 2 amide bonds. The normalized spacial score (nSPS) is 14.3. The van der Waals surface area contributed by atoms with E-state index in [4.69, 9.17) is 0 Å². The molecule has 2 heterocycles. The third-order valence-electron chi connectivity index (χ3n) is 5.67. The molecule has 0 unspecified atom stereocenters. The highest BCUT2D eigenvalue weighted by molar-refractivity contribution is 5.90. The van der Waals surface area contributed by atoms with Gasteiger partial charge in [0.15, 0.2) is 5.82 Å². The molecule has 172 valence electrons. The Bertz CT molecular complexity index is 1140. The van der Waals surface area contributed by atoms with Crippen LogP contribution in [0.25, 0.3) is 11.3 Å². The molecule has 6 nitrogen and oxygen atoms in total. The van der Waals surface area contributed by atoms with Crippen molar-refractivity contribution in [2.24, 2.45) is 0 Å². The van der Waals surface area contributed by atoms with Crippen LogP contribution in [-0.4, -0.2) is 47.3 Å². The van der Waals surface area contributed by atoms with Crippen LogP contribution in [0.2, 0.25) is 0 Å². The van der Waals surface area contributed by atoms with Gasteiger partial charge in [0.25, 0.3) is 0 Å². The van der Waals surface area contributed by atoms with E-state index in [0.29, 0.717) is 32.0 Å². The van der Waals surface area contributed by atoms with Gasteiger partial charge in [0.05, 0.1) is 16.9 Å². The Morgan fingerprint density at radius 1 is 0.939 bits per heavy atom. The summed E-state index contributed by atoms with van der Waals surface area (Å²) in [7, 11) is 0. The van der Waals surface area contributed by atoms with E-state index in [1.165, 1.54) is 28.7 Å². The lowest BCUT2D eigenvalue weighted by molar-refractivity contribution is -0.136. The summed E-state index contributed by atoms with van der Waals surface area (Å²) >= 11 is 0. The summed E-state index contributed by atoms with van der Waals surface area (Å²) in [4.78, 5) is 16.1. The van der Waals surface area contributed by atoms with Gasteiger partial charge < -0.3 is 15.1 Å². The summed E-state index contributed by atoms with van der Waals surface area (Å²) in [6, 6.07) is 14.4. The largest absolute Gasteiger partial charge is 0.418 e. The van der Waals surface area contributed by atoms with Gasteiger partial charge in [-0.2, -0.15) is 13.2 Å². The van der Waals surface area contributed by atoms with Crippen molar-refractivity contribution in [3.8, 4) is 11.3 Å². The van der Waals surface area contributed by atoms with Crippen LogP contribution in [0.3, 0.4) is 0 Å². The Labute approximate surface area is 190 Å². The number of urea groups is 1. The molecule has 1 aromatic heterocycles. The van der Waals surface area contributed by atoms with Crippen LogP contribution in [0.4, 0.5) is 29.5 Å². The van der Waals surface area contributed by atoms with Crippen molar-refractivity contribution in [3.63, 3.8) is 0 Å². The summed E-state index contributed by atoms with van der Waals surface area (Å²) in [5.74, 6) is 0.700. The zero-order valence-corrected chi connectivity index (χ0v) is 18.4. The zero-order chi connectivity index (χ0) is 23.6. The predicted octanol–water partition coefficient (Wildman–Crippen LogP) is 5.13. The molecular formula is C24H24F3N5O. The van der Waals surface area contributed by atoms with E-state index in [2.05, 4.69) is 21.6 Å². The van der Waals surface area contributed by atoms with Crippen molar-refractivity contribution in [2.75, 3.05) is 36.4 Å². The third-order valence-corrected chi connectivity index (χ3v) is 5.67. The average molecular weight is 455 g/mol. The van der Waals surface area contributed by atoms with Gasteiger partial charge >= 0.3 is 12.2 Å². The van der Waals surface area contributed by atoms with Crippen LogP contribution >= 0.6 is 0 Å². The average Bonchev–Trinajstić information content (AvgIpc) is 2.79. The molecule has 0 spiro atoms. The van der Waals surface area contributed by atoms with Crippen LogP contribution in [-0.2, 0) is 6.18 Å². The van der Waals surface area contributed by atoms with Gasteiger partial charge in [-0.05, 0) is 43.7 Å². The minimum Gasteiger partial charge on any atom is -0.352 e. The van der Waals surface area contributed by atoms with Crippen molar-refractivity contribution < 1.29 is 18.0 Å². The second-order valence-corrected chi connectivity index (χ2v) is 8.04. The fraction of sp³-hybridized carbons (Fsp3) is 0.292. The molecule has 0 aliphatic carbocycles. The lowest BCUT2D eigenvalue weighted by Gasteiger charge is -2.35. The Morgan fingerprint density at radius 2 is 1.67 bits per heavy atom. The molecule has 0 atom stereocenters. The van der Waals surface area contributed by atoms with Crippen molar-refractivity contribution >= 4 is 17.5 Å². The fourth-order valence-corrected chi connectivity index (χ4v) is 3.91. The van der Waals surface area contributed by atoms with Gasteiger partial charge in [-0.25, -0.2) is 4.79 Å². The highest BCUT2D eigenvalue weighted by Crippen LogP contribution is 2.34. The Hall–Kier alpha value is -3.62. The maximum Gasteiger partial charge on any atom is 0.418 e. The lowest BCUT2D eigenvalue weighted by atomic mass is 10.0. The van der Waals surface area contributed by atoms with Crippen LogP contribution in [0, 0.1) is 13.8 Å². The number of carbonyl (C=O) groups excluding carboxylic acids is 1. The summed E-state index contributed by atoms with van der Waals surface area (Å²) in [5.41, 5.74) is 3.02. The van der Waals surface area contributed by atoms with Gasteiger partial charge in [0.2, 0.25) is 0 Å². The van der Waals surface area contributed by atoms with E-state index in [9.17, 15) is 18.0 Å². The van der Waals surface area contributed by atoms with Crippen molar-refractivity contribution in [2.45, 2.75) is 20.0 Å². The molecule has 4 rings (SSSR count). The predicted molar refractivity (Wildman–Crippen MR) is 121 cm³/mol. The number of nitrogens with zero attached hydrogens (tertiary/aromatic N) is 4. The summed E-state index contributed by atoms with van der Waals surface area (Å²) in [5, 5.41) is 11.1. The molecule has 33 heavy (non-hydrogen) atoms. The minimum absolute atomic E-state index is 0.245. The molecule has 0 saturated carbocycles. The number of halogens is 3. The number of hydrogen-bond donors (Lipinski definition) is 1. The Kier molecular flexibility index (Phi) is 6.22. The van der Waals surface area contributed by atoms with Gasteiger partial charge in [0.1, 0.15) is 0 Å². The maximum atomic E-state index is 13.2. The number of nitrogens with one attached hydrogen (secondary N) is 1. The number of hydrogen-bond acceptors (Lipinski definition) is 4. The summed E-state index contributed by atoms with van der Waals surface area (Å²) in [6.07, 6.45) is -4.54. The van der Waals surface area contributed by atoms with Crippen molar-refractivity contribution in [1.29, 1.82) is 0 Å². The Balaban J connectivity index is 1.38. The first-order valence-corrected chi connectivity index (χ1v) is 10.6. The molecule has 2 aromatic carbocycles. The number of carbonyl (C=O) groups is 1. The SMILES string of the molecule is Cc1ccc(-c2ccc(N3CCN(C(=O)Nc4ccccc4C(F)(F)F)CC3)nn2)c(C)c1. The zero-order valence-electron chi connectivity index (χ0n) is 18.4. The molecule has 1 aliphatic rings. The van der Waals surface area contributed by atoms with Gasteiger partial charge in [-0.15, -0.1) is 10.2 Å². The highest BCUT2D eigenvalue weighted by atomic mass is 19.4. The number of aryl methyl sites for hydroxylation is 2. The van der Waals surface area contributed by atoms with E-state index in [-0.39, 0.29) is 5.69 Å². The lowest BCUT2D eigenvalue weighted by Crippen LogP contribution is -2.50. The smallest absolute Gasteiger partial charge is 0.352 e. The second-order valence-electron chi connectivity index (χ2n) is 8.04. The molecule has 1 aliphatic heterocycles. The minimum atomic E-state index is -4.54. The van der Waals surface area contributed by atoms with Crippen LogP contribution in [0.1, 0.15) is 16.7 Å². The van der Waals surface area contributed by atoms with E-state index in [1.54, 1.807) is 0 Å². The van der Waals surface area contributed by atoms with Crippen molar-refractivity contribution in [3.05, 3.63) is 71.3 Å². The first-order chi connectivity index (χ1) is 15.7. The number of aromatic nitrogens is 2. The number of rotatable bonds is 3. The maximum absolute atomic E-state index is 13.2. The molecule has 3 aromatic rings. The second kappa shape index (κ2) is 9.09. The van der Waals surface area contributed by atoms with Crippen LogP contribution in [0.15, 0.2) is 54.6 Å². The molecule has 1 fully saturated rings. The van der Waals surface area contributed by atoms with E-state index < -0.39 is 17.8 Å². The van der Waals surface area contributed by atoms with E-state index >= 15 is 0 Å². The first kappa shape index (κ1) is 22.6. The molecule has 1 saturated heterocycles. The number of benzene rings is 2. The van der Waals surface area contributed by atoms with Crippen LogP contribution in [0.5, 0.6) is 0 Å². The summed E-state index contributed by atoms with van der Waals surface area (Å²) in [6.45, 7) is 5.81. The molecule has 0 radical (unpaired) electrons. The molecule has 0 bridgehead atoms. The summed E-state index contributed by atoms with van der Waals surface area (Å²) < 4.78 is 39.5. The first-order valence-electron chi connectivity index (χ1n) is 10.6. The molecule has 9 heteroatoms.